The summed E-state index contributed by atoms with van der Waals surface area (Å²) >= 11 is 0. The number of anilines is 2. The molecule has 0 aliphatic carbocycles. The first kappa shape index (κ1) is 19.1. The van der Waals surface area contributed by atoms with Crippen LogP contribution in [0.25, 0.3) is 11.5 Å². The van der Waals surface area contributed by atoms with E-state index in [1.54, 1.807) is 19.1 Å². The van der Waals surface area contributed by atoms with Crippen molar-refractivity contribution in [2.75, 3.05) is 43.4 Å². The van der Waals surface area contributed by atoms with Crippen LogP contribution < -0.4 is 10.2 Å². The molecule has 4 rings (SSSR count). The summed E-state index contributed by atoms with van der Waals surface area (Å²) in [5, 5.41) is 6.77. The van der Waals surface area contributed by atoms with Gasteiger partial charge in [0, 0.05) is 48.7 Å². The second-order valence-electron chi connectivity index (χ2n) is 7.47. The first-order valence-corrected chi connectivity index (χ1v) is 9.76. The fourth-order valence-electron chi connectivity index (χ4n) is 3.52. The van der Waals surface area contributed by atoms with Crippen LogP contribution in [0.4, 0.5) is 11.4 Å². The van der Waals surface area contributed by atoms with Gasteiger partial charge in [-0.2, -0.15) is 4.98 Å². The number of benzene rings is 2. The molecule has 1 N–H and O–H groups in total. The van der Waals surface area contributed by atoms with Crippen LogP contribution in [0.2, 0.25) is 0 Å². The van der Waals surface area contributed by atoms with Gasteiger partial charge >= 0.3 is 0 Å². The summed E-state index contributed by atoms with van der Waals surface area (Å²) in [7, 11) is 2.15. The van der Waals surface area contributed by atoms with Crippen LogP contribution in [0.3, 0.4) is 0 Å². The lowest BCUT2D eigenvalue weighted by molar-refractivity contribution is 0.102. The number of amides is 1. The zero-order valence-corrected chi connectivity index (χ0v) is 17.0. The summed E-state index contributed by atoms with van der Waals surface area (Å²) < 4.78 is 5.16. The van der Waals surface area contributed by atoms with Gasteiger partial charge in [-0.1, -0.05) is 5.16 Å². The zero-order chi connectivity index (χ0) is 20.4. The van der Waals surface area contributed by atoms with E-state index in [0.717, 1.165) is 43.0 Å². The highest BCUT2D eigenvalue weighted by atomic mass is 16.5. The number of rotatable bonds is 4. The normalized spacial score (nSPS) is 14.8. The lowest BCUT2D eigenvalue weighted by Gasteiger charge is -2.35. The van der Waals surface area contributed by atoms with E-state index in [2.05, 4.69) is 45.3 Å². The van der Waals surface area contributed by atoms with E-state index in [0.29, 0.717) is 17.3 Å². The molecule has 1 aromatic heterocycles. The van der Waals surface area contributed by atoms with Gasteiger partial charge in [0.2, 0.25) is 0 Å². The lowest BCUT2D eigenvalue weighted by Crippen LogP contribution is -2.44. The molecule has 29 heavy (non-hydrogen) atoms. The van der Waals surface area contributed by atoms with Crippen molar-refractivity contribution in [2.45, 2.75) is 13.8 Å². The number of nitrogens with zero attached hydrogens (tertiary/aromatic N) is 4. The predicted molar refractivity (Wildman–Crippen MR) is 113 cm³/mol. The Morgan fingerprint density at radius 2 is 1.76 bits per heavy atom. The molecule has 1 fully saturated rings. The van der Waals surface area contributed by atoms with Gasteiger partial charge in [0.1, 0.15) is 0 Å². The topological polar surface area (TPSA) is 74.5 Å². The summed E-state index contributed by atoms with van der Waals surface area (Å²) in [6.07, 6.45) is 0. The lowest BCUT2D eigenvalue weighted by atomic mass is 10.1. The molecule has 0 radical (unpaired) electrons. The van der Waals surface area contributed by atoms with E-state index in [-0.39, 0.29) is 5.91 Å². The molecule has 0 saturated carbocycles. The highest BCUT2D eigenvalue weighted by molar-refractivity contribution is 6.04. The van der Waals surface area contributed by atoms with Gasteiger partial charge in [-0.25, -0.2) is 0 Å². The Hall–Kier alpha value is -3.19. The zero-order valence-electron chi connectivity index (χ0n) is 17.0. The van der Waals surface area contributed by atoms with Crippen molar-refractivity contribution in [1.82, 2.24) is 15.0 Å². The smallest absolute Gasteiger partial charge is 0.257 e. The average molecular weight is 391 g/mol. The fourth-order valence-corrected chi connectivity index (χ4v) is 3.52. The second kappa shape index (κ2) is 8.05. The van der Waals surface area contributed by atoms with Crippen molar-refractivity contribution in [3.05, 3.63) is 59.4 Å². The first-order chi connectivity index (χ1) is 14.0. The van der Waals surface area contributed by atoms with E-state index in [4.69, 9.17) is 4.52 Å². The monoisotopic (exact) mass is 391 g/mol. The number of carbonyl (C=O) groups excluding carboxylic acids is 1. The number of piperazine rings is 1. The molecule has 0 unspecified atom stereocenters. The predicted octanol–water partition coefficient (Wildman–Crippen LogP) is 3.36. The van der Waals surface area contributed by atoms with Gasteiger partial charge in [0.25, 0.3) is 11.8 Å². The van der Waals surface area contributed by atoms with Gasteiger partial charge in [-0.3, -0.25) is 4.79 Å². The maximum absolute atomic E-state index is 12.6. The number of hydrogen-bond donors (Lipinski definition) is 1. The number of hydrogen-bond acceptors (Lipinski definition) is 6. The first-order valence-electron chi connectivity index (χ1n) is 9.76. The van der Waals surface area contributed by atoms with Crippen LogP contribution in [-0.4, -0.2) is 54.2 Å². The summed E-state index contributed by atoms with van der Waals surface area (Å²) in [5.74, 6) is 0.881. The molecule has 150 valence electrons. The van der Waals surface area contributed by atoms with E-state index >= 15 is 0 Å². The average Bonchev–Trinajstić information content (AvgIpc) is 3.15. The van der Waals surface area contributed by atoms with Crippen molar-refractivity contribution >= 4 is 17.3 Å². The van der Waals surface area contributed by atoms with Crippen molar-refractivity contribution in [3.63, 3.8) is 0 Å². The van der Waals surface area contributed by atoms with Gasteiger partial charge in [-0.15, -0.1) is 0 Å². The van der Waals surface area contributed by atoms with Crippen molar-refractivity contribution in [2.24, 2.45) is 0 Å². The number of carbonyl (C=O) groups is 1. The Bertz CT molecular complexity index is 1000. The van der Waals surface area contributed by atoms with Crippen molar-refractivity contribution in [1.29, 1.82) is 0 Å². The van der Waals surface area contributed by atoms with Gasteiger partial charge in [0.15, 0.2) is 5.82 Å². The Morgan fingerprint density at radius 3 is 2.38 bits per heavy atom. The summed E-state index contributed by atoms with van der Waals surface area (Å²) in [4.78, 5) is 21.6. The summed E-state index contributed by atoms with van der Waals surface area (Å²) in [6, 6.07) is 13.2. The van der Waals surface area contributed by atoms with Gasteiger partial charge < -0.3 is 19.6 Å². The Balaban J connectivity index is 1.43. The molecule has 3 aromatic rings. The van der Waals surface area contributed by atoms with Crippen LogP contribution in [0.5, 0.6) is 0 Å². The van der Waals surface area contributed by atoms with E-state index in [9.17, 15) is 4.79 Å². The van der Waals surface area contributed by atoms with Gasteiger partial charge in [0.05, 0.1) is 0 Å². The Labute approximate surface area is 170 Å². The number of aryl methyl sites for hydroxylation is 2. The summed E-state index contributed by atoms with van der Waals surface area (Å²) in [5.41, 5.74) is 4.55. The molecule has 1 aliphatic rings. The molecule has 7 nitrogen and oxygen atoms in total. The molecular weight excluding hydrogens is 366 g/mol. The van der Waals surface area contributed by atoms with Crippen molar-refractivity contribution in [3.8, 4) is 11.5 Å². The van der Waals surface area contributed by atoms with Crippen LogP contribution in [0.15, 0.2) is 47.0 Å². The van der Waals surface area contributed by atoms with Gasteiger partial charge in [-0.05, 0) is 68.9 Å². The summed E-state index contributed by atoms with van der Waals surface area (Å²) in [6.45, 7) is 8.04. The molecule has 1 aliphatic heterocycles. The maximum atomic E-state index is 12.6. The number of aromatic nitrogens is 2. The van der Waals surface area contributed by atoms with Crippen LogP contribution >= 0.6 is 0 Å². The van der Waals surface area contributed by atoms with Crippen LogP contribution in [0, 0.1) is 13.8 Å². The minimum absolute atomic E-state index is 0.148. The minimum Gasteiger partial charge on any atom is -0.369 e. The van der Waals surface area contributed by atoms with Crippen molar-refractivity contribution < 1.29 is 9.32 Å². The number of nitrogens with one attached hydrogen (secondary N) is 1. The highest BCUT2D eigenvalue weighted by Gasteiger charge is 2.16. The second-order valence-corrected chi connectivity index (χ2v) is 7.47. The van der Waals surface area contributed by atoms with E-state index < -0.39 is 0 Å². The molecule has 2 aromatic carbocycles. The van der Waals surface area contributed by atoms with Crippen LogP contribution in [-0.2, 0) is 0 Å². The SMILES string of the molecule is Cc1noc(-c2ccc(C(=O)Nc3ccc(N4CCN(C)CC4)c(C)c3)cc2)n1. The molecule has 0 atom stereocenters. The molecule has 1 amide bonds. The molecule has 7 heteroatoms. The quantitative estimate of drug-likeness (QED) is 0.735. The third-order valence-corrected chi connectivity index (χ3v) is 5.22. The molecule has 2 heterocycles. The molecule has 0 bridgehead atoms. The van der Waals surface area contributed by atoms with E-state index in [1.807, 2.05) is 24.3 Å². The fraction of sp³-hybridized carbons (Fsp3) is 0.318. The third kappa shape index (κ3) is 4.30. The Morgan fingerprint density at radius 1 is 1.03 bits per heavy atom. The molecular formula is C22H25N5O2. The van der Waals surface area contributed by atoms with Crippen LogP contribution in [0.1, 0.15) is 21.7 Å². The minimum atomic E-state index is -0.148. The maximum Gasteiger partial charge on any atom is 0.257 e. The number of likely N-dealkylation sites (N-methyl/N-ethyl adjacent to an activating group) is 1. The standard InChI is InChI=1S/C22H25N5O2/c1-15-14-19(8-9-20(15)27-12-10-26(3)11-13-27)24-21(28)17-4-6-18(7-5-17)22-23-16(2)25-29-22/h4-9,14H,10-13H2,1-3H3,(H,24,28). The van der Waals surface area contributed by atoms with E-state index in [1.165, 1.54) is 5.69 Å². The highest BCUT2D eigenvalue weighted by Crippen LogP contribution is 2.25. The Kier molecular flexibility index (Phi) is 5.31. The third-order valence-electron chi connectivity index (χ3n) is 5.22. The largest absolute Gasteiger partial charge is 0.369 e. The molecule has 1 saturated heterocycles. The molecule has 0 spiro atoms.